The van der Waals surface area contributed by atoms with Gasteiger partial charge in [0.05, 0.1) is 27.7 Å². The van der Waals surface area contributed by atoms with Crippen molar-refractivity contribution < 1.29 is 9.72 Å². The molecule has 0 aliphatic rings. The third-order valence-electron chi connectivity index (χ3n) is 2.62. The zero-order valence-corrected chi connectivity index (χ0v) is 12.3. The van der Waals surface area contributed by atoms with E-state index in [0.29, 0.717) is 21.5 Å². The Labute approximate surface area is 128 Å². The first-order valence-electron chi connectivity index (χ1n) is 5.90. The Morgan fingerprint density at radius 2 is 2.14 bits per heavy atom. The van der Waals surface area contributed by atoms with E-state index in [9.17, 15) is 14.9 Å². The summed E-state index contributed by atoms with van der Waals surface area (Å²) >= 11 is 3.09. The Hall–Kier alpha value is -2.48. The molecule has 0 aliphatic heterocycles. The average molecular weight is 351 g/mol. The van der Waals surface area contributed by atoms with E-state index < -0.39 is 4.92 Å². The van der Waals surface area contributed by atoms with Crippen molar-refractivity contribution in [3.05, 3.63) is 56.8 Å². The number of nitrogens with zero attached hydrogens (tertiary/aromatic N) is 2. The maximum Gasteiger partial charge on any atom is 0.283 e. The van der Waals surface area contributed by atoms with Gasteiger partial charge in [-0.25, -0.2) is 0 Å². The predicted molar refractivity (Wildman–Crippen MR) is 81.8 cm³/mol. The molecule has 21 heavy (non-hydrogen) atoms. The number of rotatable bonds is 4. The number of amides is 1. The molecule has 0 unspecified atom stereocenters. The summed E-state index contributed by atoms with van der Waals surface area (Å²) in [5, 5.41) is 13.3. The van der Waals surface area contributed by atoms with Crippen LogP contribution in [-0.2, 0) is 11.2 Å². The van der Waals surface area contributed by atoms with Crippen molar-refractivity contribution in [3.8, 4) is 0 Å². The molecule has 108 valence electrons. The van der Waals surface area contributed by atoms with Crippen LogP contribution in [0.4, 0.5) is 17.1 Å². The molecule has 2 aromatic rings. The fourth-order valence-corrected chi connectivity index (χ4v) is 2.17. The highest BCUT2D eigenvalue weighted by molar-refractivity contribution is 9.10. The molecule has 0 spiro atoms. The van der Waals surface area contributed by atoms with E-state index in [1.807, 2.05) is 0 Å². The summed E-state index contributed by atoms with van der Waals surface area (Å²) in [6.45, 7) is 0. The Morgan fingerprint density at radius 1 is 1.38 bits per heavy atom. The third kappa shape index (κ3) is 3.99. The molecule has 7 nitrogen and oxygen atoms in total. The number of nitrogen functional groups attached to an aromatic ring is 1. The first kappa shape index (κ1) is 14.9. The number of nitrogens with two attached hydrogens (primary N) is 1. The topological polar surface area (TPSA) is 111 Å². The van der Waals surface area contributed by atoms with Gasteiger partial charge >= 0.3 is 0 Å². The van der Waals surface area contributed by atoms with Gasteiger partial charge in [0.2, 0.25) is 5.91 Å². The van der Waals surface area contributed by atoms with Crippen molar-refractivity contribution in [3.63, 3.8) is 0 Å². The smallest absolute Gasteiger partial charge is 0.283 e. The minimum absolute atomic E-state index is 0.0619. The number of nitrogens with one attached hydrogen (secondary N) is 1. The highest BCUT2D eigenvalue weighted by Crippen LogP contribution is 2.27. The molecular weight excluding hydrogens is 340 g/mol. The Kier molecular flexibility index (Phi) is 4.49. The number of aromatic nitrogens is 1. The number of benzene rings is 1. The minimum atomic E-state index is -0.506. The van der Waals surface area contributed by atoms with Gasteiger partial charge in [0.25, 0.3) is 5.69 Å². The summed E-state index contributed by atoms with van der Waals surface area (Å²) in [7, 11) is 0. The highest BCUT2D eigenvalue weighted by atomic mass is 79.9. The zero-order valence-electron chi connectivity index (χ0n) is 10.7. The summed E-state index contributed by atoms with van der Waals surface area (Å²) in [6.07, 6.45) is 1.57. The lowest BCUT2D eigenvalue weighted by Gasteiger charge is -2.06. The standard InChI is InChI=1S/C13H11BrN4O3/c14-11-5-10(3-4-12(11)18(20)21)17-13(19)6-9-2-1-8(15)7-16-9/h1-5,7H,6,15H2,(H,17,19). The van der Waals surface area contributed by atoms with Crippen LogP contribution in [-0.4, -0.2) is 15.8 Å². The quantitative estimate of drug-likeness (QED) is 0.649. The fourth-order valence-electron chi connectivity index (χ4n) is 1.64. The van der Waals surface area contributed by atoms with Crippen LogP contribution in [0.25, 0.3) is 0 Å². The van der Waals surface area contributed by atoms with Gasteiger partial charge in [-0.1, -0.05) is 0 Å². The lowest BCUT2D eigenvalue weighted by Crippen LogP contribution is -2.15. The number of nitro groups is 1. The van der Waals surface area contributed by atoms with Crippen molar-refractivity contribution in [2.24, 2.45) is 0 Å². The van der Waals surface area contributed by atoms with Crippen LogP contribution >= 0.6 is 15.9 Å². The second-order valence-corrected chi connectivity index (χ2v) is 5.09. The maximum atomic E-state index is 11.9. The van der Waals surface area contributed by atoms with Crippen LogP contribution in [0, 0.1) is 10.1 Å². The number of carbonyl (C=O) groups is 1. The second-order valence-electron chi connectivity index (χ2n) is 4.23. The van der Waals surface area contributed by atoms with Crippen LogP contribution in [0.5, 0.6) is 0 Å². The monoisotopic (exact) mass is 350 g/mol. The highest BCUT2D eigenvalue weighted by Gasteiger charge is 2.13. The molecule has 1 aromatic carbocycles. The van der Waals surface area contributed by atoms with Crippen LogP contribution in [0.1, 0.15) is 5.69 Å². The van der Waals surface area contributed by atoms with Crippen molar-refractivity contribution in [2.75, 3.05) is 11.1 Å². The molecule has 1 heterocycles. The molecule has 2 rings (SSSR count). The van der Waals surface area contributed by atoms with Gasteiger partial charge < -0.3 is 11.1 Å². The lowest BCUT2D eigenvalue weighted by atomic mass is 10.2. The van der Waals surface area contributed by atoms with E-state index in [1.165, 1.54) is 24.4 Å². The molecule has 1 aromatic heterocycles. The Balaban J connectivity index is 2.04. The molecule has 0 saturated carbocycles. The minimum Gasteiger partial charge on any atom is -0.397 e. The molecule has 0 fully saturated rings. The van der Waals surface area contributed by atoms with E-state index in [2.05, 4.69) is 26.2 Å². The first-order chi connectivity index (χ1) is 9.95. The van der Waals surface area contributed by atoms with Crippen molar-refractivity contribution >= 4 is 38.9 Å². The average Bonchev–Trinajstić information content (AvgIpc) is 2.41. The van der Waals surface area contributed by atoms with E-state index in [0.717, 1.165) is 0 Å². The Morgan fingerprint density at radius 3 is 2.71 bits per heavy atom. The molecule has 0 radical (unpaired) electrons. The van der Waals surface area contributed by atoms with Gasteiger partial charge in [-0.05, 0) is 40.2 Å². The van der Waals surface area contributed by atoms with Gasteiger partial charge in [0.15, 0.2) is 0 Å². The Bertz CT molecular complexity index is 688. The van der Waals surface area contributed by atoms with Crippen LogP contribution < -0.4 is 11.1 Å². The van der Waals surface area contributed by atoms with E-state index >= 15 is 0 Å². The van der Waals surface area contributed by atoms with Crippen LogP contribution in [0.2, 0.25) is 0 Å². The van der Waals surface area contributed by atoms with Gasteiger partial charge in [0, 0.05) is 17.4 Å². The summed E-state index contributed by atoms with van der Waals surface area (Å²) in [6, 6.07) is 7.60. The summed E-state index contributed by atoms with van der Waals surface area (Å²) < 4.78 is 0.302. The van der Waals surface area contributed by atoms with Crippen molar-refractivity contribution in [2.45, 2.75) is 6.42 Å². The van der Waals surface area contributed by atoms with Gasteiger partial charge in [-0.3, -0.25) is 19.9 Å². The number of anilines is 2. The van der Waals surface area contributed by atoms with Gasteiger partial charge in [-0.15, -0.1) is 0 Å². The van der Waals surface area contributed by atoms with E-state index in [-0.39, 0.29) is 18.0 Å². The summed E-state index contributed by atoms with van der Waals surface area (Å²) in [4.78, 5) is 26.1. The molecule has 0 aliphatic carbocycles. The molecule has 1 amide bonds. The van der Waals surface area contributed by atoms with Crippen LogP contribution in [0.3, 0.4) is 0 Å². The fraction of sp³-hybridized carbons (Fsp3) is 0.0769. The molecule has 0 saturated heterocycles. The lowest BCUT2D eigenvalue weighted by molar-refractivity contribution is -0.385. The number of hydrogen-bond acceptors (Lipinski definition) is 5. The first-order valence-corrected chi connectivity index (χ1v) is 6.69. The molecular formula is C13H11BrN4O3. The largest absolute Gasteiger partial charge is 0.397 e. The number of pyridine rings is 1. The number of halogens is 1. The molecule has 0 atom stereocenters. The van der Waals surface area contributed by atoms with Crippen molar-refractivity contribution in [1.29, 1.82) is 0 Å². The third-order valence-corrected chi connectivity index (χ3v) is 3.25. The van der Waals surface area contributed by atoms with E-state index in [4.69, 9.17) is 5.73 Å². The van der Waals surface area contributed by atoms with Crippen molar-refractivity contribution in [1.82, 2.24) is 4.98 Å². The number of nitro benzene ring substituents is 1. The van der Waals surface area contributed by atoms with E-state index in [1.54, 1.807) is 12.1 Å². The molecule has 8 heteroatoms. The molecule has 0 bridgehead atoms. The SMILES string of the molecule is Nc1ccc(CC(=O)Nc2ccc([N+](=O)[O-])c(Br)c2)nc1. The zero-order chi connectivity index (χ0) is 15.4. The second kappa shape index (κ2) is 6.31. The van der Waals surface area contributed by atoms with Gasteiger partial charge in [-0.2, -0.15) is 0 Å². The normalized spacial score (nSPS) is 10.1. The summed E-state index contributed by atoms with van der Waals surface area (Å²) in [5.41, 5.74) is 7.03. The number of carbonyl (C=O) groups excluding carboxylic acids is 1. The van der Waals surface area contributed by atoms with Gasteiger partial charge in [0.1, 0.15) is 0 Å². The van der Waals surface area contributed by atoms with Crippen LogP contribution in [0.15, 0.2) is 41.0 Å². The summed E-state index contributed by atoms with van der Waals surface area (Å²) in [5.74, 6) is -0.270. The number of hydrogen-bond donors (Lipinski definition) is 2. The predicted octanol–water partition coefficient (Wildman–Crippen LogP) is 2.52. The maximum absolute atomic E-state index is 11.9. The molecule has 3 N–H and O–H groups in total.